The van der Waals surface area contributed by atoms with E-state index in [0.717, 1.165) is 11.3 Å². The van der Waals surface area contributed by atoms with E-state index < -0.39 is 6.10 Å². The van der Waals surface area contributed by atoms with Gasteiger partial charge in [0.2, 0.25) is 0 Å². The van der Waals surface area contributed by atoms with Gasteiger partial charge in [0.25, 0.3) is 5.91 Å². The fourth-order valence-corrected chi connectivity index (χ4v) is 1.67. The molecule has 0 aliphatic rings. The smallest absolute Gasteiger partial charge is 0.262 e. The molecule has 1 atom stereocenters. The number of carbonyl (C=O) groups excluding carboxylic acids is 1. The summed E-state index contributed by atoms with van der Waals surface area (Å²) in [5, 5.41) is 0. The molecular weight excluding hydrogens is 214 g/mol. The van der Waals surface area contributed by atoms with E-state index in [2.05, 4.69) is 13.8 Å². The van der Waals surface area contributed by atoms with E-state index in [0.29, 0.717) is 5.92 Å². The number of ether oxygens (including phenoxy) is 1. The Bertz CT molecular complexity index is 386. The number of hydrogen-bond donors (Lipinski definition) is 0. The number of amides is 1. The first-order chi connectivity index (χ1) is 7.93. The fraction of sp³-hybridized carbons (Fsp3) is 0.500. The highest BCUT2D eigenvalue weighted by atomic mass is 16.5. The monoisotopic (exact) mass is 235 g/mol. The summed E-state index contributed by atoms with van der Waals surface area (Å²) in [5.41, 5.74) is 1.13. The van der Waals surface area contributed by atoms with Crippen LogP contribution in [0.5, 0.6) is 5.75 Å². The van der Waals surface area contributed by atoms with Gasteiger partial charge in [-0.2, -0.15) is 0 Å². The molecule has 3 heteroatoms. The molecule has 1 aromatic rings. The molecule has 17 heavy (non-hydrogen) atoms. The fourth-order valence-electron chi connectivity index (χ4n) is 1.67. The second kappa shape index (κ2) is 5.71. The van der Waals surface area contributed by atoms with Gasteiger partial charge in [0, 0.05) is 14.1 Å². The van der Waals surface area contributed by atoms with E-state index in [1.807, 2.05) is 24.3 Å². The van der Waals surface area contributed by atoms with Gasteiger partial charge in [-0.1, -0.05) is 32.0 Å². The number of para-hydroxylation sites is 1. The Balaban J connectivity index is 2.85. The van der Waals surface area contributed by atoms with Crippen molar-refractivity contribution in [2.24, 2.45) is 0 Å². The highest BCUT2D eigenvalue weighted by Crippen LogP contribution is 2.26. The van der Waals surface area contributed by atoms with Crippen molar-refractivity contribution < 1.29 is 9.53 Å². The minimum absolute atomic E-state index is 0.0245. The summed E-state index contributed by atoms with van der Waals surface area (Å²) in [4.78, 5) is 13.3. The van der Waals surface area contributed by atoms with Crippen LogP contribution in [0.3, 0.4) is 0 Å². The van der Waals surface area contributed by atoms with Crippen LogP contribution in [0.4, 0.5) is 0 Å². The molecule has 0 aliphatic carbocycles. The summed E-state index contributed by atoms with van der Waals surface area (Å²) < 4.78 is 5.74. The molecule has 0 radical (unpaired) electrons. The summed E-state index contributed by atoms with van der Waals surface area (Å²) in [6.07, 6.45) is -0.454. The Hall–Kier alpha value is -1.51. The molecule has 1 rings (SSSR count). The lowest BCUT2D eigenvalue weighted by molar-refractivity contribution is -0.135. The molecule has 0 saturated carbocycles. The molecule has 0 spiro atoms. The minimum atomic E-state index is -0.454. The van der Waals surface area contributed by atoms with Crippen molar-refractivity contribution in [2.45, 2.75) is 32.8 Å². The average molecular weight is 235 g/mol. The highest BCUT2D eigenvalue weighted by Gasteiger charge is 2.18. The maximum atomic E-state index is 11.7. The van der Waals surface area contributed by atoms with Gasteiger partial charge in [0.1, 0.15) is 5.75 Å². The summed E-state index contributed by atoms with van der Waals surface area (Å²) in [6.45, 7) is 6.00. The van der Waals surface area contributed by atoms with Crippen molar-refractivity contribution >= 4 is 5.91 Å². The summed E-state index contributed by atoms with van der Waals surface area (Å²) in [6, 6.07) is 7.86. The number of benzene rings is 1. The van der Waals surface area contributed by atoms with Gasteiger partial charge in [0.15, 0.2) is 6.10 Å². The lowest BCUT2D eigenvalue weighted by Gasteiger charge is -2.20. The zero-order chi connectivity index (χ0) is 13.0. The first-order valence-electron chi connectivity index (χ1n) is 5.90. The molecule has 1 aromatic carbocycles. The molecule has 94 valence electrons. The molecule has 1 unspecified atom stereocenters. The van der Waals surface area contributed by atoms with Crippen LogP contribution < -0.4 is 4.74 Å². The Morgan fingerprint density at radius 2 is 1.76 bits per heavy atom. The van der Waals surface area contributed by atoms with E-state index in [1.165, 1.54) is 0 Å². The summed E-state index contributed by atoms with van der Waals surface area (Å²) in [5.74, 6) is 1.15. The van der Waals surface area contributed by atoms with Crippen molar-refractivity contribution in [1.29, 1.82) is 0 Å². The van der Waals surface area contributed by atoms with Crippen molar-refractivity contribution in [3.63, 3.8) is 0 Å². The predicted octanol–water partition coefficient (Wildman–Crippen LogP) is 2.67. The zero-order valence-electron chi connectivity index (χ0n) is 11.2. The van der Waals surface area contributed by atoms with Crippen molar-refractivity contribution in [3.8, 4) is 5.75 Å². The van der Waals surface area contributed by atoms with Crippen LogP contribution in [-0.4, -0.2) is 31.0 Å². The van der Waals surface area contributed by atoms with Crippen LogP contribution in [0.15, 0.2) is 24.3 Å². The summed E-state index contributed by atoms with van der Waals surface area (Å²) >= 11 is 0. The van der Waals surface area contributed by atoms with Crippen molar-refractivity contribution in [1.82, 2.24) is 4.90 Å². The Kier molecular flexibility index (Phi) is 4.55. The van der Waals surface area contributed by atoms with Crippen molar-refractivity contribution in [3.05, 3.63) is 29.8 Å². The maximum absolute atomic E-state index is 11.7. The summed E-state index contributed by atoms with van der Waals surface area (Å²) in [7, 11) is 3.47. The SMILES string of the molecule is CC(Oc1ccccc1C(C)C)C(=O)N(C)C. The first kappa shape index (κ1) is 13.6. The number of carbonyl (C=O) groups is 1. The zero-order valence-corrected chi connectivity index (χ0v) is 11.2. The topological polar surface area (TPSA) is 29.5 Å². The standard InChI is InChI=1S/C14H21NO2/c1-10(2)12-8-6-7-9-13(12)17-11(3)14(16)15(4)5/h6-11H,1-5H3. The maximum Gasteiger partial charge on any atom is 0.262 e. The molecule has 0 aromatic heterocycles. The van der Waals surface area contributed by atoms with E-state index in [-0.39, 0.29) is 5.91 Å². The van der Waals surface area contributed by atoms with E-state index >= 15 is 0 Å². The first-order valence-corrected chi connectivity index (χ1v) is 5.90. The molecule has 0 bridgehead atoms. The second-order valence-electron chi connectivity index (χ2n) is 4.69. The third kappa shape index (κ3) is 3.48. The van der Waals surface area contributed by atoms with Gasteiger partial charge in [-0.3, -0.25) is 4.79 Å². The Labute approximate surface area is 103 Å². The van der Waals surface area contributed by atoms with E-state index in [4.69, 9.17) is 4.74 Å². The minimum Gasteiger partial charge on any atom is -0.481 e. The average Bonchev–Trinajstić information content (AvgIpc) is 2.28. The van der Waals surface area contributed by atoms with Crippen LogP contribution in [0.2, 0.25) is 0 Å². The molecule has 0 saturated heterocycles. The van der Waals surface area contributed by atoms with Crippen molar-refractivity contribution in [2.75, 3.05) is 14.1 Å². The van der Waals surface area contributed by atoms with E-state index in [1.54, 1.807) is 25.9 Å². The molecule has 0 fully saturated rings. The third-order valence-electron chi connectivity index (χ3n) is 2.63. The van der Waals surface area contributed by atoms with Gasteiger partial charge >= 0.3 is 0 Å². The van der Waals surface area contributed by atoms with Crippen LogP contribution in [-0.2, 0) is 4.79 Å². The van der Waals surface area contributed by atoms with Crippen LogP contribution in [0.25, 0.3) is 0 Å². The molecule has 3 nitrogen and oxygen atoms in total. The number of hydrogen-bond acceptors (Lipinski definition) is 2. The van der Waals surface area contributed by atoms with Gasteiger partial charge in [0.05, 0.1) is 0 Å². The molecular formula is C14H21NO2. The predicted molar refractivity (Wildman–Crippen MR) is 69.3 cm³/mol. The van der Waals surface area contributed by atoms with Crippen LogP contribution >= 0.6 is 0 Å². The van der Waals surface area contributed by atoms with E-state index in [9.17, 15) is 4.79 Å². The molecule has 0 heterocycles. The van der Waals surface area contributed by atoms with Crippen LogP contribution in [0, 0.1) is 0 Å². The second-order valence-corrected chi connectivity index (χ2v) is 4.69. The quantitative estimate of drug-likeness (QED) is 0.803. The highest BCUT2D eigenvalue weighted by molar-refractivity contribution is 5.80. The van der Waals surface area contributed by atoms with Gasteiger partial charge in [-0.05, 0) is 24.5 Å². The number of rotatable bonds is 4. The molecule has 0 N–H and O–H groups in total. The van der Waals surface area contributed by atoms with Crippen LogP contribution in [0.1, 0.15) is 32.3 Å². The van der Waals surface area contributed by atoms with Gasteiger partial charge in [-0.25, -0.2) is 0 Å². The lowest BCUT2D eigenvalue weighted by atomic mass is 10.0. The van der Waals surface area contributed by atoms with Gasteiger partial charge in [-0.15, -0.1) is 0 Å². The Morgan fingerprint density at radius 1 is 1.18 bits per heavy atom. The molecule has 1 amide bonds. The number of likely N-dealkylation sites (N-methyl/N-ethyl adjacent to an activating group) is 1. The largest absolute Gasteiger partial charge is 0.481 e. The number of nitrogens with zero attached hydrogens (tertiary/aromatic N) is 1. The van der Waals surface area contributed by atoms with Gasteiger partial charge < -0.3 is 9.64 Å². The molecule has 0 aliphatic heterocycles. The normalized spacial score (nSPS) is 12.4. The Morgan fingerprint density at radius 3 is 2.29 bits per heavy atom. The third-order valence-corrected chi connectivity index (χ3v) is 2.63. The lowest BCUT2D eigenvalue weighted by Crippen LogP contribution is -2.35.